The Balaban J connectivity index is 1.33. The lowest BCUT2D eigenvalue weighted by molar-refractivity contribution is -0.117. The zero-order valence-electron chi connectivity index (χ0n) is 18.5. The average Bonchev–Trinajstić information content (AvgIpc) is 3.32. The Kier molecular flexibility index (Phi) is 7.27. The minimum Gasteiger partial charge on any atom is -0.486 e. The van der Waals surface area contributed by atoms with Crippen LogP contribution < -0.4 is 20.1 Å². The molecule has 0 spiro atoms. The molecule has 7 nitrogen and oxygen atoms in total. The van der Waals surface area contributed by atoms with E-state index < -0.39 is 0 Å². The van der Waals surface area contributed by atoms with Gasteiger partial charge >= 0.3 is 0 Å². The smallest absolute Gasteiger partial charge is 0.253 e. The van der Waals surface area contributed by atoms with E-state index in [0.717, 1.165) is 37.2 Å². The standard InChI is InChI=1S/C25H31N3O4/c1-2-28(15-19-17-31-22-13-7-8-14-23(22)32-19)16-24(29)27-21-12-6-5-11-20(21)25(30)26-18-9-3-4-10-18/h5-8,11-14,18-19H,2-4,9-10,15-17H2,1H3,(H,26,30)(H,27,29). The number of anilines is 1. The fraction of sp³-hybridized carbons (Fsp3) is 0.440. The molecular weight excluding hydrogens is 406 g/mol. The Labute approximate surface area is 189 Å². The van der Waals surface area contributed by atoms with E-state index in [-0.39, 0.29) is 30.5 Å². The van der Waals surface area contributed by atoms with E-state index in [0.29, 0.717) is 30.9 Å². The highest BCUT2D eigenvalue weighted by Crippen LogP contribution is 2.31. The molecule has 2 N–H and O–H groups in total. The molecule has 0 saturated heterocycles. The summed E-state index contributed by atoms with van der Waals surface area (Å²) in [6, 6.07) is 15.0. The molecule has 4 rings (SSSR count). The van der Waals surface area contributed by atoms with Crippen molar-refractivity contribution < 1.29 is 19.1 Å². The fourth-order valence-corrected chi connectivity index (χ4v) is 4.26. The predicted octanol–water partition coefficient (Wildman–Crippen LogP) is 3.46. The largest absolute Gasteiger partial charge is 0.486 e. The Morgan fingerprint density at radius 2 is 1.75 bits per heavy atom. The predicted molar refractivity (Wildman–Crippen MR) is 123 cm³/mol. The number of rotatable bonds is 8. The van der Waals surface area contributed by atoms with Gasteiger partial charge in [0.25, 0.3) is 5.91 Å². The van der Waals surface area contributed by atoms with Crippen LogP contribution in [0.25, 0.3) is 0 Å². The van der Waals surface area contributed by atoms with Gasteiger partial charge < -0.3 is 20.1 Å². The van der Waals surface area contributed by atoms with E-state index in [1.54, 1.807) is 12.1 Å². The van der Waals surface area contributed by atoms with E-state index in [9.17, 15) is 9.59 Å². The van der Waals surface area contributed by atoms with E-state index in [4.69, 9.17) is 9.47 Å². The summed E-state index contributed by atoms with van der Waals surface area (Å²) < 4.78 is 11.8. The van der Waals surface area contributed by atoms with Crippen LogP contribution in [0.15, 0.2) is 48.5 Å². The second-order valence-electron chi connectivity index (χ2n) is 8.37. The summed E-state index contributed by atoms with van der Waals surface area (Å²) in [5.41, 5.74) is 1.03. The van der Waals surface area contributed by atoms with Crippen molar-refractivity contribution in [1.29, 1.82) is 0 Å². The zero-order chi connectivity index (χ0) is 22.3. The van der Waals surface area contributed by atoms with Crippen LogP contribution in [-0.4, -0.2) is 55.1 Å². The summed E-state index contributed by atoms with van der Waals surface area (Å²) in [6.07, 6.45) is 4.18. The maximum atomic E-state index is 12.8. The van der Waals surface area contributed by atoms with Crippen molar-refractivity contribution in [2.75, 3.05) is 31.6 Å². The Hall–Kier alpha value is -3.06. The average molecular weight is 438 g/mol. The summed E-state index contributed by atoms with van der Waals surface area (Å²) in [6.45, 7) is 3.92. The SMILES string of the molecule is CCN(CC(=O)Nc1ccccc1C(=O)NC1CCCC1)CC1COc2ccccc2O1. The first-order chi connectivity index (χ1) is 15.6. The lowest BCUT2D eigenvalue weighted by Gasteiger charge is -2.30. The normalized spacial score (nSPS) is 17.9. The molecule has 0 radical (unpaired) electrons. The molecule has 170 valence electrons. The number of benzene rings is 2. The second kappa shape index (κ2) is 10.5. The highest BCUT2D eigenvalue weighted by Gasteiger charge is 2.24. The van der Waals surface area contributed by atoms with E-state index in [1.807, 2.05) is 48.2 Å². The number of nitrogens with zero attached hydrogens (tertiary/aromatic N) is 1. The maximum absolute atomic E-state index is 12.8. The molecule has 1 heterocycles. The van der Waals surface area contributed by atoms with E-state index in [2.05, 4.69) is 10.6 Å². The van der Waals surface area contributed by atoms with Crippen LogP contribution in [0, 0.1) is 0 Å². The Bertz CT molecular complexity index is 942. The molecule has 7 heteroatoms. The molecule has 1 unspecified atom stereocenters. The third-order valence-corrected chi connectivity index (χ3v) is 5.98. The number of para-hydroxylation sites is 3. The molecule has 0 bridgehead atoms. The van der Waals surface area contributed by atoms with Crippen LogP contribution in [0.5, 0.6) is 11.5 Å². The van der Waals surface area contributed by atoms with Crippen molar-refractivity contribution >= 4 is 17.5 Å². The molecule has 2 aliphatic rings. The van der Waals surface area contributed by atoms with Crippen LogP contribution >= 0.6 is 0 Å². The van der Waals surface area contributed by atoms with Gasteiger partial charge in [0.05, 0.1) is 17.8 Å². The van der Waals surface area contributed by atoms with Crippen LogP contribution in [0.2, 0.25) is 0 Å². The quantitative estimate of drug-likeness (QED) is 0.661. The van der Waals surface area contributed by atoms with Gasteiger partial charge in [0.2, 0.25) is 5.91 Å². The molecule has 32 heavy (non-hydrogen) atoms. The van der Waals surface area contributed by atoms with E-state index >= 15 is 0 Å². The number of hydrogen-bond acceptors (Lipinski definition) is 5. The highest BCUT2D eigenvalue weighted by molar-refractivity contribution is 6.04. The van der Waals surface area contributed by atoms with Crippen molar-refractivity contribution in [3.8, 4) is 11.5 Å². The third-order valence-electron chi connectivity index (χ3n) is 5.98. The monoisotopic (exact) mass is 437 g/mol. The van der Waals surface area contributed by atoms with Crippen LogP contribution in [0.3, 0.4) is 0 Å². The molecular formula is C25H31N3O4. The summed E-state index contributed by atoms with van der Waals surface area (Å²) in [7, 11) is 0. The summed E-state index contributed by atoms with van der Waals surface area (Å²) in [5.74, 6) is 1.18. The summed E-state index contributed by atoms with van der Waals surface area (Å²) in [5, 5.41) is 6.01. The number of fused-ring (bicyclic) bond motifs is 1. The van der Waals surface area contributed by atoms with Crippen LogP contribution in [-0.2, 0) is 4.79 Å². The van der Waals surface area contributed by atoms with Crippen molar-refractivity contribution in [2.24, 2.45) is 0 Å². The number of carbonyl (C=O) groups excluding carboxylic acids is 2. The number of hydrogen-bond donors (Lipinski definition) is 2. The molecule has 2 aromatic carbocycles. The van der Waals surface area contributed by atoms with Gasteiger partial charge in [-0.05, 0) is 43.7 Å². The van der Waals surface area contributed by atoms with Crippen molar-refractivity contribution in [3.05, 3.63) is 54.1 Å². The minimum absolute atomic E-state index is 0.133. The molecule has 2 aromatic rings. The molecule has 2 amide bonds. The summed E-state index contributed by atoms with van der Waals surface area (Å²) >= 11 is 0. The second-order valence-corrected chi connectivity index (χ2v) is 8.37. The first-order valence-electron chi connectivity index (χ1n) is 11.4. The first kappa shape index (κ1) is 22.1. The van der Waals surface area contributed by atoms with Crippen LogP contribution in [0.1, 0.15) is 43.0 Å². The van der Waals surface area contributed by atoms with Crippen LogP contribution in [0.4, 0.5) is 5.69 Å². The van der Waals surface area contributed by atoms with Gasteiger partial charge in [-0.25, -0.2) is 0 Å². The molecule has 1 fully saturated rings. The van der Waals surface area contributed by atoms with Gasteiger partial charge in [-0.2, -0.15) is 0 Å². The Morgan fingerprint density at radius 1 is 1.03 bits per heavy atom. The fourth-order valence-electron chi connectivity index (χ4n) is 4.26. The highest BCUT2D eigenvalue weighted by atomic mass is 16.6. The number of carbonyl (C=O) groups is 2. The number of likely N-dealkylation sites (N-methyl/N-ethyl adjacent to an activating group) is 1. The minimum atomic E-state index is -0.162. The molecule has 1 aliphatic carbocycles. The van der Waals surface area contributed by atoms with Gasteiger partial charge in [-0.3, -0.25) is 14.5 Å². The number of ether oxygens (including phenoxy) is 2. The van der Waals surface area contributed by atoms with E-state index in [1.165, 1.54) is 0 Å². The van der Waals surface area contributed by atoms with Gasteiger partial charge in [-0.15, -0.1) is 0 Å². The molecule has 0 aromatic heterocycles. The molecule has 1 aliphatic heterocycles. The topological polar surface area (TPSA) is 79.9 Å². The zero-order valence-corrected chi connectivity index (χ0v) is 18.5. The van der Waals surface area contributed by atoms with Gasteiger partial charge in [0.15, 0.2) is 11.5 Å². The van der Waals surface area contributed by atoms with Gasteiger partial charge in [0, 0.05) is 12.6 Å². The molecule has 1 atom stereocenters. The van der Waals surface area contributed by atoms with Gasteiger partial charge in [0.1, 0.15) is 12.7 Å². The first-order valence-corrected chi connectivity index (χ1v) is 11.4. The number of amides is 2. The Morgan fingerprint density at radius 3 is 2.53 bits per heavy atom. The van der Waals surface area contributed by atoms with Crippen molar-refractivity contribution in [1.82, 2.24) is 10.2 Å². The third kappa shape index (κ3) is 5.59. The maximum Gasteiger partial charge on any atom is 0.253 e. The lowest BCUT2D eigenvalue weighted by atomic mass is 10.1. The van der Waals surface area contributed by atoms with Gasteiger partial charge in [-0.1, -0.05) is 44.0 Å². The van der Waals surface area contributed by atoms with Crippen molar-refractivity contribution in [3.63, 3.8) is 0 Å². The van der Waals surface area contributed by atoms with Crippen molar-refractivity contribution in [2.45, 2.75) is 44.8 Å². The molecule has 1 saturated carbocycles. The summed E-state index contributed by atoms with van der Waals surface area (Å²) in [4.78, 5) is 27.5. The lowest BCUT2D eigenvalue weighted by Crippen LogP contribution is -2.43. The number of nitrogens with one attached hydrogen (secondary N) is 2.